The third kappa shape index (κ3) is 1.79. The Morgan fingerprint density at radius 2 is 2.00 bits per heavy atom. The monoisotopic (exact) mass is 302 g/mol. The Hall–Kier alpha value is -0.630. The molecule has 1 saturated heterocycles. The molecule has 2 heteroatoms. The summed E-state index contributed by atoms with van der Waals surface area (Å²) in [6, 6.07) is 0. The molecule has 3 aliphatic carbocycles. The first-order chi connectivity index (χ1) is 10.2. The molecule has 2 saturated carbocycles. The van der Waals surface area contributed by atoms with Gasteiger partial charge in [-0.05, 0) is 55.8 Å². The Kier molecular flexibility index (Phi) is 2.89. The zero-order valence-corrected chi connectivity index (χ0v) is 14.7. The maximum absolute atomic E-state index is 13.1. The molecule has 22 heavy (non-hydrogen) atoms. The van der Waals surface area contributed by atoms with Crippen molar-refractivity contribution in [2.75, 3.05) is 0 Å². The lowest BCUT2D eigenvalue weighted by Gasteiger charge is -2.52. The molecule has 1 heterocycles. The first-order valence-electron chi connectivity index (χ1n) is 9.11. The second-order valence-corrected chi connectivity index (χ2v) is 9.48. The Morgan fingerprint density at radius 3 is 2.68 bits per heavy atom. The van der Waals surface area contributed by atoms with Gasteiger partial charge >= 0.3 is 0 Å². The molecule has 0 aromatic carbocycles. The number of Topliss-reactive ketones (excluding diaryl/α,β-unsaturated/α-hetero) is 1. The fourth-order valence-corrected chi connectivity index (χ4v) is 5.99. The number of carbonyl (C=O) groups excluding carboxylic acids is 1. The molecule has 3 fully saturated rings. The highest BCUT2D eigenvalue weighted by molar-refractivity contribution is 5.88. The number of rotatable bonds is 1. The van der Waals surface area contributed by atoms with Crippen molar-refractivity contribution in [1.82, 2.24) is 0 Å². The average molecular weight is 302 g/mol. The molecule has 0 aromatic rings. The molecule has 1 aliphatic heterocycles. The number of hydrogen-bond acceptors (Lipinski definition) is 2. The predicted molar refractivity (Wildman–Crippen MR) is 87.5 cm³/mol. The van der Waals surface area contributed by atoms with Crippen LogP contribution in [0.3, 0.4) is 0 Å². The van der Waals surface area contributed by atoms with Crippen LogP contribution in [0, 0.1) is 28.6 Å². The van der Waals surface area contributed by atoms with Gasteiger partial charge in [-0.1, -0.05) is 39.3 Å². The Balaban J connectivity index is 1.76. The van der Waals surface area contributed by atoms with Gasteiger partial charge in [-0.3, -0.25) is 4.79 Å². The number of epoxide rings is 1. The van der Waals surface area contributed by atoms with Gasteiger partial charge in [-0.25, -0.2) is 0 Å². The summed E-state index contributed by atoms with van der Waals surface area (Å²) in [5.74, 6) is 2.19. The highest BCUT2D eigenvalue weighted by Gasteiger charge is 2.65. The summed E-state index contributed by atoms with van der Waals surface area (Å²) in [6.07, 6.45) is 8.01. The zero-order chi connectivity index (χ0) is 15.9. The molecule has 0 spiro atoms. The van der Waals surface area contributed by atoms with E-state index >= 15 is 0 Å². The SMILES string of the molecule is CC(C)C1=CC[C@]2(C)C(=O)C[C@]3(C)C[C@@H]4O[C@]4(C)CC[C@H]3[C@H]12. The normalized spacial score (nSPS) is 53.5. The Bertz CT molecular complexity index is 562. The number of ether oxygens (including phenoxy) is 1. The first kappa shape index (κ1) is 14.9. The molecular weight excluding hydrogens is 272 g/mol. The topological polar surface area (TPSA) is 29.6 Å². The van der Waals surface area contributed by atoms with Crippen LogP contribution in [0.2, 0.25) is 0 Å². The van der Waals surface area contributed by atoms with E-state index in [1.807, 2.05) is 0 Å². The minimum absolute atomic E-state index is 0.111. The predicted octanol–water partition coefficient (Wildman–Crippen LogP) is 4.53. The summed E-state index contributed by atoms with van der Waals surface area (Å²) in [7, 11) is 0. The molecule has 4 rings (SSSR count). The molecule has 0 aromatic heterocycles. The summed E-state index contributed by atoms with van der Waals surface area (Å²) in [5, 5.41) is 0. The van der Waals surface area contributed by atoms with Crippen LogP contribution in [0.5, 0.6) is 0 Å². The summed E-state index contributed by atoms with van der Waals surface area (Å²) in [5.41, 5.74) is 1.69. The van der Waals surface area contributed by atoms with Gasteiger partial charge in [0.25, 0.3) is 0 Å². The van der Waals surface area contributed by atoms with Gasteiger partial charge in [-0.15, -0.1) is 0 Å². The van der Waals surface area contributed by atoms with E-state index in [1.54, 1.807) is 5.57 Å². The molecule has 0 N–H and O–H groups in total. The molecule has 0 unspecified atom stereocenters. The van der Waals surface area contributed by atoms with Crippen molar-refractivity contribution < 1.29 is 9.53 Å². The number of fused-ring (bicyclic) bond motifs is 4. The molecular formula is C20H30O2. The largest absolute Gasteiger partial charge is 0.366 e. The molecule has 2 nitrogen and oxygen atoms in total. The second-order valence-electron chi connectivity index (χ2n) is 9.48. The van der Waals surface area contributed by atoms with E-state index in [-0.39, 0.29) is 16.4 Å². The highest BCUT2D eigenvalue weighted by Crippen LogP contribution is 2.65. The molecule has 0 radical (unpaired) electrons. The van der Waals surface area contributed by atoms with E-state index in [0.717, 1.165) is 19.3 Å². The number of hydrogen-bond donors (Lipinski definition) is 0. The average Bonchev–Trinajstić information content (AvgIpc) is 2.89. The van der Waals surface area contributed by atoms with Crippen molar-refractivity contribution >= 4 is 5.78 Å². The zero-order valence-electron chi connectivity index (χ0n) is 14.7. The van der Waals surface area contributed by atoms with Crippen molar-refractivity contribution in [3.05, 3.63) is 11.6 Å². The van der Waals surface area contributed by atoms with E-state index in [2.05, 4.69) is 40.7 Å². The lowest BCUT2D eigenvalue weighted by atomic mass is 9.50. The minimum atomic E-state index is -0.125. The number of carbonyl (C=O) groups is 1. The van der Waals surface area contributed by atoms with Crippen molar-refractivity contribution in [3.63, 3.8) is 0 Å². The van der Waals surface area contributed by atoms with Gasteiger partial charge in [-0.2, -0.15) is 0 Å². The highest BCUT2D eigenvalue weighted by atomic mass is 16.6. The third-order valence-electron chi connectivity index (χ3n) is 7.61. The van der Waals surface area contributed by atoms with Crippen LogP contribution in [-0.4, -0.2) is 17.5 Å². The van der Waals surface area contributed by atoms with E-state index in [9.17, 15) is 4.79 Å². The summed E-state index contributed by atoms with van der Waals surface area (Å²) in [4.78, 5) is 13.1. The summed E-state index contributed by atoms with van der Waals surface area (Å²) < 4.78 is 5.98. The van der Waals surface area contributed by atoms with Crippen LogP contribution in [0.15, 0.2) is 11.6 Å². The number of allylic oxidation sites excluding steroid dienone is 2. The van der Waals surface area contributed by atoms with E-state index < -0.39 is 0 Å². The van der Waals surface area contributed by atoms with Crippen molar-refractivity contribution in [3.8, 4) is 0 Å². The number of ketones is 1. The maximum Gasteiger partial charge on any atom is 0.140 e. The van der Waals surface area contributed by atoms with E-state index in [1.165, 1.54) is 12.8 Å². The van der Waals surface area contributed by atoms with Crippen LogP contribution >= 0.6 is 0 Å². The van der Waals surface area contributed by atoms with Gasteiger partial charge in [0.1, 0.15) is 5.78 Å². The Morgan fingerprint density at radius 1 is 1.27 bits per heavy atom. The quantitative estimate of drug-likeness (QED) is 0.526. The third-order valence-corrected chi connectivity index (χ3v) is 7.61. The van der Waals surface area contributed by atoms with Gasteiger partial charge in [0.2, 0.25) is 0 Å². The summed E-state index contributed by atoms with van der Waals surface area (Å²) in [6.45, 7) is 11.5. The van der Waals surface area contributed by atoms with Crippen molar-refractivity contribution in [2.45, 2.75) is 78.4 Å². The lowest BCUT2D eigenvalue weighted by molar-refractivity contribution is -0.143. The fraction of sp³-hybridized carbons (Fsp3) is 0.850. The Labute approximate surface area is 134 Å². The van der Waals surface area contributed by atoms with Gasteiger partial charge in [0, 0.05) is 11.8 Å². The molecule has 0 amide bonds. The van der Waals surface area contributed by atoms with Crippen LogP contribution in [0.1, 0.15) is 66.7 Å². The first-order valence-corrected chi connectivity index (χ1v) is 9.11. The summed E-state index contributed by atoms with van der Waals surface area (Å²) >= 11 is 0. The smallest absolute Gasteiger partial charge is 0.140 e. The van der Waals surface area contributed by atoms with Crippen LogP contribution in [0.25, 0.3) is 0 Å². The lowest BCUT2D eigenvalue weighted by Crippen LogP contribution is -2.51. The second kappa shape index (κ2) is 4.26. The van der Waals surface area contributed by atoms with Crippen LogP contribution in [-0.2, 0) is 9.53 Å². The van der Waals surface area contributed by atoms with Gasteiger partial charge in [0.05, 0.1) is 11.7 Å². The van der Waals surface area contributed by atoms with E-state index in [0.29, 0.717) is 29.6 Å². The molecule has 122 valence electrons. The standard InChI is InChI=1S/C20H30O2/c1-12(2)13-6-8-19(4)15(21)10-18(3)11-16-20(5,22-16)9-7-14(18)17(13)19/h6,12,14,16-17H,7-11H2,1-5H3/t14-,16-,17-,18+,19+,20+/m0/s1. The van der Waals surface area contributed by atoms with Crippen LogP contribution in [0.4, 0.5) is 0 Å². The fourth-order valence-electron chi connectivity index (χ4n) is 5.99. The molecule has 0 bridgehead atoms. The molecule has 6 atom stereocenters. The van der Waals surface area contributed by atoms with Gasteiger partial charge in [0.15, 0.2) is 0 Å². The van der Waals surface area contributed by atoms with E-state index in [4.69, 9.17) is 4.74 Å². The maximum atomic E-state index is 13.1. The van der Waals surface area contributed by atoms with Crippen molar-refractivity contribution in [1.29, 1.82) is 0 Å². The van der Waals surface area contributed by atoms with Crippen molar-refractivity contribution in [2.24, 2.45) is 28.6 Å². The van der Waals surface area contributed by atoms with Gasteiger partial charge < -0.3 is 4.74 Å². The minimum Gasteiger partial charge on any atom is -0.366 e. The van der Waals surface area contributed by atoms with Crippen LogP contribution < -0.4 is 0 Å². The molecule has 4 aliphatic rings.